The van der Waals surface area contributed by atoms with Crippen LogP contribution in [-0.4, -0.2) is 5.78 Å². The summed E-state index contributed by atoms with van der Waals surface area (Å²) in [6.07, 6.45) is 0. The minimum absolute atomic E-state index is 0.231. The molecule has 2 aromatic carbocycles. The number of halogens is 1. The summed E-state index contributed by atoms with van der Waals surface area (Å²) in [5, 5.41) is 0. The molecule has 0 bridgehead atoms. The van der Waals surface area contributed by atoms with Crippen molar-refractivity contribution >= 4 is 11.5 Å². The first kappa shape index (κ1) is 12.8. The summed E-state index contributed by atoms with van der Waals surface area (Å²) in [6, 6.07) is 8.17. The molecule has 20 heavy (non-hydrogen) atoms. The van der Waals surface area contributed by atoms with E-state index in [1.54, 1.807) is 19.1 Å². The second-order valence-electron chi connectivity index (χ2n) is 4.98. The van der Waals surface area contributed by atoms with Crippen molar-refractivity contribution in [2.45, 2.75) is 20.1 Å². The van der Waals surface area contributed by atoms with Gasteiger partial charge in [-0.05, 0) is 36.2 Å². The van der Waals surface area contributed by atoms with E-state index < -0.39 is 5.82 Å². The van der Waals surface area contributed by atoms with Gasteiger partial charge in [-0.15, -0.1) is 0 Å². The van der Waals surface area contributed by atoms with Gasteiger partial charge in [0.2, 0.25) is 0 Å². The molecule has 102 valence electrons. The molecule has 0 aromatic heterocycles. The van der Waals surface area contributed by atoms with E-state index in [0.29, 0.717) is 24.3 Å². The Labute approximate surface area is 116 Å². The van der Waals surface area contributed by atoms with E-state index in [-0.39, 0.29) is 17.0 Å². The second-order valence-corrected chi connectivity index (χ2v) is 4.98. The summed E-state index contributed by atoms with van der Waals surface area (Å²) in [7, 11) is 0. The topological polar surface area (TPSA) is 52.3 Å². The molecule has 1 aliphatic rings. The average molecular weight is 271 g/mol. The molecule has 3 nitrogen and oxygen atoms in total. The molecule has 0 fully saturated rings. The van der Waals surface area contributed by atoms with Gasteiger partial charge in [0.05, 0.1) is 13.2 Å². The highest BCUT2D eigenvalue weighted by molar-refractivity contribution is 6.09. The largest absolute Gasteiger partial charge is 0.398 e. The van der Waals surface area contributed by atoms with Crippen LogP contribution in [0.3, 0.4) is 0 Å². The normalized spacial score (nSPS) is 13.3. The molecule has 0 aliphatic carbocycles. The highest BCUT2D eigenvalue weighted by Crippen LogP contribution is 2.24. The molecule has 0 atom stereocenters. The van der Waals surface area contributed by atoms with Gasteiger partial charge in [0.25, 0.3) is 0 Å². The lowest BCUT2D eigenvalue weighted by Crippen LogP contribution is -2.05. The number of nitrogen functional groups attached to an aromatic ring is 1. The minimum atomic E-state index is -0.460. The van der Waals surface area contributed by atoms with E-state index in [0.717, 1.165) is 11.1 Å². The smallest absolute Gasteiger partial charge is 0.193 e. The summed E-state index contributed by atoms with van der Waals surface area (Å²) in [4.78, 5) is 12.4. The van der Waals surface area contributed by atoms with E-state index in [1.807, 2.05) is 6.07 Å². The van der Waals surface area contributed by atoms with Gasteiger partial charge in [-0.2, -0.15) is 0 Å². The lowest BCUT2D eigenvalue weighted by atomic mass is 9.98. The zero-order valence-corrected chi connectivity index (χ0v) is 11.1. The first-order valence-electron chi connectivity index (χ1n) is 6.36. The number of ether oxygens (including phenoxy) is 1. The molecule has 0 saturated heterocycles. The van der Waals surface area contributed by atoms with Gasteiger partial charge in [-0.1, -0.05) is 12.1 Å². The molecule has 2 N–H and O–H groups in total. The molecular weight excluding hydrogens is 257 g/mol. The van der Waals surface area contributed by atoms with Crippen LogP contribution >= 0.6 is 0 Å². The summed E-state index contributed by atoms with van der Waals surface area (Å²) in [5.41, 5.74) is 9.27. The van der Waals surface area contributed by atoms with Crippen LogP contribution in [0.4, 0.5) is 10.1 Å². The third kappa shape index (κ3) is 2.08. The number of rotatable bonds is 2. The predicted octanol–water partition coefficient (Wildman–Crippen LogP) is 2.98. The lowest BCUT2D eigenvalue weighted by molar-refractivity contribution is 0.103. The Kier molecular flexibility index (Phi) is 3.03. The van der Waals surface area contributed by atoms with Crippen LogP contribution in [0, 0.1) is 12.7 Å². The third-order valence-corrected chi connectivity index (χ3v) is 3.63. The van der Waals surface area contributed by atoms with Gasteiger partial charge in [-0.3, -0.25) is 4.79 Å². The number of carbonyl (C=O) groups is 1. The Morgan fingerprint density at radius 3 is 2.65 bits per heavy atom. The van der Waals surface area contributed by atoms with Crippen molar-refractivity contribution in [1.82, 2.24) is 0 Å². The van der Waals surface area contributed by atoms with Crippen LogP contribution in [-0.2, 0) is 18.0 Å². The van der Waals surface area contributed by atoms with Gasteiger partial charge in [-0.25, -0.2) is 4.39 Å². The van der Waals surface area contributed by atoms with Crippen LogP contribution in [0.5, 0.6) is 0 Å². The number of benzene rings is 2. The van der Waals surface area contributed by atoms with Gasteiger partial charge in [0.15, 0.2) is 5.78 Å². The lowest BCUT2D eigenvalue weighted by Gasteiger charge is -2.07. The Morgan fingerprint density at radius 1 is 1.15 bits per heavy atom. The molecule has 0 amide bonds. The molecule has 0 spiro atoms. The molecule has 3 rings (SSSR count). The highest BCUT2D eigenvalue weighted by atomic mass is 19.1. The van der Waals surface area contributed by atoms with Gasteiger partial charge < -0.3 is 10.5 Å². The Bertz CT molecular complexity index is 687. The average Bonchev–Trinajstić information content (AvgIpc) is 2.90. The maximum atomic E-state index is 13.7. The molecular formula is C16H14FNO2. The summed E-state index contributed by atoms with van der Waals surface area (Å²) in [6.45, 7) is 2.68. The number of anilines is 1. The number of carbonyl (C=O) groups excluding carboxylic acids is 1. The van der Waals surface area contributed by atoms with E-state index in [9.17, 15) is 9.18 Å². The van der Waals surface area contributed by atoms with Crippen LogP contribution < -0.4 is 5.73 Å². The van der Waals surface area contributed by atoms with Crippen LogP contribution in [0.2, 0.25) is 0 Å². The monoisotopic (exact) mass is 271 g/mol. The summed E-state index contributed by atoms with van der Waals surface area (Å²) < 4.78 is 19.0. The molecule has 1 aliphatic heterocycles. The number of hydrogen-bond acceptors (Lipinski definition) is 3. The van der Waals surface area contributed by atoms with Crippen LogP contribution in [0.15, 0.2) is 30.3 Å². The third-order valence-electron chi connectivity index (χ3n) is 3.63. The summed E-state index contributed by atoms with van der Waals surface area (Å²) >= 11 is 0. The molecule has 2 aromatic rings. The van der Waals surface area contributed by atoms with Crippen molar-refractivity contribution in [3.05, 3.63) is 64.0 Å². The van der Waals surface area contributed by atoms with E-state index in [1.165, 1.54) is 12.1 Å². The van der Waals surface area contributed by atoms with Crippen molar-refractivity contribution in [2.24, 2.45) is 0 Å². The van der Waals surface area contributed by atoms with Gasteiger partial charge in [0.1, 0.15) is 5.82 Å². The van der Waals surface area contributed by atoms with Crippen molar-refractivity contribution in [3.63, 3.8) is 0 Å². The molecule has 0 radical (unpaired) electrons. The van der Waals surface area contributed by atoms with Crippen molar-refractivity contribution in [2.75, 3.05) is 5.73 Å². The second kappa shape index (κ2) is 4.72. The first-order chi connectivity index (χ1) is 9.56. The Balaban J connectivity index is 2.00. The maximum Gasteiger partial charge on any atom is 0.193 e. The standard InChI is InChI=1S/C16H14FNO2/c1-9-14(17)5-12(6-15(9)18)16(19)10-2-3-11-7-20-8-13(11)4-10/h2-6H,7-8,18H2,1H3. The number of hydrogen-bond donors (Lipinski definition) is 1. The fourth-order valence-electron chi connectivity index (χ4n) is 2.31. The quantitative estimate of drug-likeness (QED) is 0.675. The fourth-order valence-corrected chi connectivity index (χ4v) is 2.31. The predicted molar refractivity (Wildman–Crippen MR) is 73.9 cm³/mol. The minimum Gasteiger partial charge on any atom is -0.398 e. The zero-order valence-electron chi connectivity index (χ0n) is 11.1. The molecule has 1 heterocycles. The fraction of sp³-hybridized carbons (Fsp3) is 0.188. The summed E-state index contributed by atoms with van der Waals surface area (Å²) in [5.74, 6) is -0.692. The Morgan fingerprint density at radius 2 is 1.90 bits per heavy atom. The van der Waals surface area contributed by atoms with Crippen molar-refractivity contribution in [1.29, 1.82) is 0 Å². The van der Waals surface area contributed by atoms with Crippen molar-refractivity contribution in [3.8, 4) is 0 Å². The zero-order chi connectivity index (χ0) is 14.3. The number of ketones is 1. The Hall–Kier alpha value is -2.20. The van der Waals surface area contributed by atoms with Gasteiger partial charge in [0, 0.05) is 22.4 Å². The first-order valence-corrected chi connectivity index (χ1v) is 6.36. The van der Waals surface area contributed by atoms with Gasteiger partial charge >= 0.3 is 0 Å². The maximum absolute atomic E-state index is 13.7. The van der Waals surface area contributed by atoms with Crippen LogP contribution in [0.1, 0.15) is 32.6 Å². The highest BCUT2D eigenvalue weighted by Gasteiger charge is 2.17. The SMILES string of the molecule is Cc1c(N)cc(C(=O)c2ccc3c(c2)COC3)cc1F. The number of nitrogens with two attached hydrogens (primary N) is 1. The van der Waals surface area contributed by atoms with Crippen LogP contribution in [0.25, 0.3) is 0 Å². The van der Waals surface area contributed by atoms with E-state index in [4.69, 9.17) is 10.5 Å². The molecule has 0 saturated carbocycles. The molecule has 0 unspecified atom stereocenters. The number of fused-ring (bicyclic) bond motifs is 1. The van der Waals surface area contributed by atoms with E-state index in [2.05, 4.69) is 0 Å². The molecule has 4 heteroatoms. The van der Waals surface area contributed by atoms with Crippen molar-refractivity contribution < 1.29 is 13.9 Å². The van der Waals surface area contributed by atoms with E-state index >= 15 is 0 Å².